The molecule has 0 radical (unpaired) electrons. The van der Waals surface area contributed by atoms with E-state index in [1.807, 2.05) is 18.2 Å². The molecule has 4 aromatic rings. The molecule has 1 aliphatic rings. The first-order chi connectivity index (χ1) is 12.3. The molecule has 25 heavy (non-hydrogen) atoms. The molecule has 2 atom stereocenters. The predicted molar refractivity (Wildman–Crippen MR) is 101 cm³/mol. The zero-order chi connectivity index (χ0) is 16.8. The molecule has 0 N–H and O–H groups in total. The molecule has 0 bridgehead atoms. The van der Waals surface area contributed by atoms with Crippen LogP contribution >= 0.6 is 0 Å². The van der Waals surface area contributed by atoms with Crippen molar-refractivity contribution in [3.8, 4) is 11.5 Å². The lowest BCUT2D eigenvalue weighted by Gasteiger charge is -2.32. The van der Waals surface area contributed by atoms with Crippen LogP contribution in [0.1, 0.15) is 18.6 Å². The maximum absolute atomic E-state index is 6.33. The van der Waals surface area contributed by atoms with E-state index in [9.17, 15) is 0 Å². The van der Waals surface area contributed by atoms with Gasteiger partial charge in [0, 0.05) is 0 Å². The number of hydrogen-bond donors (Lipinski definition) is 0. The smallest absolute Gasteiger partial charge is 0.162 e. The average molecular weight is 326 g/mol. The fraction of sp³-hybridized carbons (Fsp3) is 0.130. The van der Waals surface area contributed by atoms with E-state index in [0.29, 0.717) is 0 Å². The van der Waals surface area contributed by atoms with Crippen molar-refractivity contribution in [2.75, 3.05) is 0 Å². The van der Waals surface area contributed by atoms with Gasteiger partial charge in [-0.3, -0.25) is 0 Å². The average Bonchev–Trinajstić information content (AvgIpc) is 2.65. The lowest BCUT2D eigenvalue weighted by molar-refractivity contribution is 0.0310. The molecule has 122 valence electrons. The van der Waals surface area contributed by atoms with Crippen LogP contribution in [-0.2, 0) is 0 Å². The number of hydrogen-bond acceptors (Lipinski definition) is 2. The maximum atomic E-state index is 6.33. The van der Waals surface area contributed by atoms with Crippen LogP contribution in [0, 0.1) is 0 Å². The van der Waals surface area contributed by atoms with Gasteiger partial charge < -0.3 is 9.47 Å². The molecule has 0 spiro atoms. The van der Waals surface area contributed by atoms with E-state index < -0.39 is 0 Å². The topological polar surface area (TPSA) is 18.5 Å². The fourth-order valence-corrected chi connectivity index (χ4v) is 3.61. The van der Waals surface area contributed by atoms with Crippen molar-refractivity contribution in [1.29, 1.82) is 0 Å². The standard InChI is InChI=1S/C23H18O2/c1-15-23(16-7-3-2-4-8-16)25-22-14-20-12-18-10-6-5-9-17(18)11-19(20)13-21(22)24-15/h2-15,23H,1H3/t15-,23-/m0/s1. The Hall–Kier alpha value is -3.00. The fourth-order valence-electron chi connectivity index (χ4n) is 3.61. The SMILES string of the molecule is C[C@@H]1Oc2cc3cc4ccccc4cc3cc2O[C@@H]1c1ccccc1. The minimum absolute atomic E-state index is 0.0344. The second-order valence-corrected chi connectivity index (χ2v) is 6.62. The van der Waals surface area contributed by atoms with Crippen molar-refractivity contribution in [1.82, 2.24) is 0 Å². The summed E-state index contributed by atoms with van der Waals surface area (Å²) in [5.74, 6) is 1.64. The van der Waals surface area contributed by atoms with Gasteiger partial charge in [0.05, 0.1) is 0 Å². The minimum atomic E-state index is -0.0911. The Morgan fingerprint density at radius 3 is 1.80 bits per heavy atom. The molecule has 0 saturated heterocycles. The highest BCUT2D eigenvalue weighted by Crippen LogP contribution is 2.42. The Morgan fingerprint density at radius 1 is 0.600 bits per heavy atom. The second kappa shape index (κ2) is 5.52. The van der Waals surface area contributed by atoms with E-state index in [1.54, 1.807) is 0 Å². The van der Waals surface area contributed by atoms with Crippen molar-refractivity contribution in [2.45, 2.75) is 19.1 Å². The van der Waals surface area contributed by atoms with Crippen molar-refractivity contribution < 1.29 is 9.47 Å². The first-order valence-corrected chi connectivity index (χ1v) is 8.63. The molecule has 0 aliphatic carbocycles. The summed E-state index contributed by atoms with van der Waals surface area (Å²) in [6, 6.07) is 27.3. The molecule has 2 nitrogen and oxygen atoms in total. The van der Waals surface area contributed by atoms with Gasteiger partial charge in [-0.1, -0.05) is 54.6 Å². The molecule has 1 aliphatic heterocycles. The monoisotopic (exact) mass is 326 g/mol. The highest BCUT2D eigenvalue weighted by molar-refractivity contribution is 5.99. The highest BCUT2D eigenvalue weighted by Gasteiger charge is 2.29. The molecule has 2 heteroatoms. The third-order valence-corrected chi connectivity index (χ3v) is 4.89. The van der Waals surface area contributed by atoms with Crippen molar-refractivity contribution in [3.63, 3.8) is 0 Å². The van der Waals surface area contributed by atoms with E-state index >= 15 is 0 Å². The summed E-state index contributed by atoms with van der Waals surface area (Å²) >= 11 is 0. The molecule has 1 heterocycles. The number of ether oxygens (including phenoxy) is 2. The predicted octanol–water partition coefficient (Wildman–Crippen LogP) is 5.89. The molecular weight excluding hydrogens is 308 g/mol. The first kappa shape index (κ1) is 14.4. The Balaban J connectivity index is 1.63. The Labute approximate surface area is 146 Å². The summed E-state index contributed by atoms with van der Waals surface area (Å²) < 4.78 is 12.5. The van der Waals surface area contributed by atoms with E-state index in [-0.39, 0.29) is 12.2 Å². The Morgan fingerprint density at radius 2 is 1.16 bits per heavy atom. The van der Waals surface area contributed by atoms with Gasteiger partial charge in [0.2, 0.25) is 0 Å². The maximum Gasteiger partial charge on any atom is 0.162 e. The van der Waals surface area contributed by atoms with E-state index in [0.717, 1.165) is 17.1 Å². The Kier molecular flexibility index (Phi) is 3.17. The highest BCUT2D eigenvalue weighted by atomic mass is 16.6. The summed E-state index contributed by atoms with van der Waals surface area (Å²) in [5, 5.41) is 4.82. The van der Waals surface area contributed by atoms with Gasteiger partial charge in [0.25, 0.3) is 0 Å². The van der Waals surface area contributed by atoms with Gasteiger partial charge in [-0.05, 0) is 58.3 Å². The summed E-state index contributed by atoms with van der Waals surface area (Å²) in [7, 11) is 0. The molecule has 4 aromatic carbocycles. The van der Waals surface area contributed by atoms with Crippen LogP contribution < -0.4 is 9.47 Å². The van der Waals surface area contributed by atoms with Gasteiger partial charge in [-0.25, -0.2) is 0 Å². The zero-order valence-electron chi connectivity index (χ0n) is 14.0. The molecule has 5 rings (SSSR count). The third kappa shape index (κ3) is 2.42. The minimum Gasteiger partial charge on any atom is -0.483 e. The van der Waals surface area contributed by atoms with Crippen LogP contribution in [0.2, 0.25) is 0 Å². The van der Waals surface area contributed by atoms with E-state index in [1.165, 1.54) is 21.5 Å². The molecule has 0 amide bonds. The van der Waals surface area contributed by atoms with E-state index in [4.69, 9.17) is 9.47 Å². The number of benzene rings is 4. The molecule has 0 unspecified atom stereocenters. The summed E-state index contributed by atoms with van der Waals surface area (Å²) in [5.41, 5.74) is 1.14. The van der Waals surface area contributed by atoms with Gasteiger partial charge in [0.1, 0.15) is 6.10 Å². The van der Waals surface area contributed by atoms with Crippen molar-refractivity contribution in [2.24, 2.45) is 0 Å². The van der Waals surface area contributed by atoms with Crippen LogP contribution in [-0.4, -0.2) is 6.10 Å². The van der Waals surface area contributed by atoms with Crippen LogP contribution in [0.4, 0.5) is 0 Å². The lowest BCUT2D eigenvalue weighted by atomic mass is 10.0. The lowest BCUT2D eigenvalue weighted by Crippen LogP contribution is -2.30. The van der Waals surface area contributed by atoms with Gasteiger partial charge in [0.15, 0.2) is 17.6 Å². The van der Waals surface area contributed by atoms with Crippen molar-refractivity contribution >= 4 is 21.5 Å². The third-order valence-electron chi connectivity index (χ3n) is 4.89. The molecule has 0 saturated carbocycles. The number of rotatable bonds is 1. The quantitative estimate of drug-likeness (QED) is 0.406. The largest absolute Gasteiger partial charge is 0.483 e. The zero-order valence-corrected chi connectivity index (χ0v) is 14.0. The van der Waals surface area contributed by atoms with E-state index in [2.05, 4.69) is 67.6 Å². The van der Waals surface area contributed by atoms with Gasteiger partial charge in [-0.15, -0.1) is 0 Å². The van der Waals surface area contributed by atoms with Crippen LogP contribution in [0.3, 0.4) is 0 Å². The van der Waals surface area contributed by atoms with Gasteiger partial charge >= 0.3 is 0 Å². The van der Waals surface area contributed by atoms with Crippen molar-refractivity contribution in [3.05, 3.63) is 84.4 Å². The Bertz CT molecular complexity index is 1070. The van der Waals surface area contributed by atoms with Crippen LogP contribution in [0.25, 0.3) is 21.5 Å². The summed E-state index contributed by atoms with van der Waals surface area (Å²) in [4.78, 5) is 0. The summed E-state index contributed by atoms with van der Waals surface area (Å²) in [6.07, 6.45) is -0.126. The molecule has 0 fully saturated rings. The normalized spacial score (nSPS) is 19.2. The first-order valence-electron chi connectivity index (χ1n) is 8.63. The molecule has 0 aromatic heterocycles. The van der Waals surface area contributed by atoms with Crippen LogP contribution in [0.15, 0.2) is 78.9 Å². The van der Waals surface area contributed by atoms with Gasteiger partial charge in [-0.2, -0.15) is 0 Å². The second-order valence-electron chi connectivity index (χ2n) is 6.62. The summed E-state index contributed by atoms with van der Waals surface area (Å²) in [6.45, 7) is 2.06. The van der Waals surface area contributed by atoms with Crippen LogP contribution in [0.5, 0.6) is 11.5 Å². The molecular formula is C23H18O2. The number of fused-ring (bicyclic) bond motifs is 3.